The number of piperidine rings is 1. The first-order chi connectivity index (χ1) is 17.1. The molecule has 1 amide bonds. The van der Waals surface area contributed by atoms with E-state index in [4.69, 9.17) is 14.2 Å². The van der Waals surface area contributed by atoms with Crippen LogP contribution >= 0.6 is 0 Å². The zero-order valence-electron chi connectivity index (χ0n) is 20.4. The van der Waals surface area contributed by atoms with Crippen molar-refractivity contribution in [3.05, 3.63) is 71.9 Å². The Labute approximate surface area is 206 Å². The quantitative estimate of drug-likeness (QED) is 0.478. The highest BCUT2D eigenvalue weighted by Crippen LogP contribution is 2.40. The van der Waals surface area contributed by atoms with Crippen molar-refractivity contribution in [1.29, 1.82) is 0 Å². The molecule has 2 N–H and O–H groups in total. The Morgan fingerprint density at radius 3 is 2.29 bits per heavy atom. The zero-order valence-corrected chi connectivity index (χ0v) is 20.4. The molecule has 1 fully saturated rings. The molecular weight excluding hydrogens is 444 g/mol. The first-order valence-corrected chi connectivity index (χ1v) is 11.7. The molecule has 1 aromatic heterocycles. The van der Waals surface area contributed by atoms with Gasteiger partial charge in [0.15, 0.2) is 11.5 Å². The van der Waals surface area contributed by atoms with Crippen molar-refractivity contribution in [3.8, 4) is 17.2 Å². The predicted molar refractivity (Wildman–Crippen MR) is 136 cm³/mol. The maximum Gasteiger partial charge on any atom is 0.251 e. The van der Waals surface area contributed by atoms with Gasteiger partial charge in [0.1, 0.15) is 5.82 Å². The second-order valence-electron chi connectivity index (χ2n) is 8.48. The number of benzene rings is 2. The lowest BCUT2D eigenvalue weighted by molar-refractivity contribution is 0.0909. The van der Waals surface area contributed by atoms with E-state index in [9.17, 15) is 4.79 Å². The molecule has 1 aliphatic heterocycles. The maximum absolute atomic E-state index is 12.9. The Kier molecular flexibility index (Phi) is 8.05. The lowest BCUT2D eigenvalue weighted by Gasteiger charge is -2.32. The summed E-state index contributed by atoms with van der Waals surface area (Å²) >= 11 is 0. The van der Waals surface area contributed by atoms with Gasteiger partial charge in [0, 0.05) is 55.3 Å². The van der Waals surface area contributed by atoms with Crippen molar-refractivity contribution >= 4 is 17.4 Å². The monoisotopic (exact) mass is 476 g/mol. The van der Waals surface area contributed by atoms with Gasteiger partial charge in [-0.2, -0.15) is 0 Å². The zero-order chi connectivity index (χ0) is 24.6. The molecule has 0 saturated carbocycles. The summed E-state index contributed by atoms with van der Waals surface area (Å²) in [6.07, 6.45) is 3.48. The van der Waals surface area contributed by atoms with E-state index in [2.05, 4.69) is 44.8 Å². The summed E-state index contributed by atoms with van der Waals surface area (Å²) < 4.78 is 16.2. The highest BCUT2D eigenvalue weighted by Gasteiger charge is 2.21. The van der Waals surface area contributed by atoms with Gasteiger partial charge in [-0.05, 0) is 30.5 Å². The molecule has 8 nitrogen and oxygen atoms in total. The number of nitrogens with zero attached hydrogens (tertiary/aromatic N) is 2. The Hall–Kier alpha value is -3.78. The number of ether oxygens (including phenoxy) is 3. The van der Waals surface area contributed by atoms with Crippen LogP contribution in [0.5, 0.6) is 17.2 Å². The first kappa shape index (κ1) is 24.3. The lowest BCUT2D eigenvalue weighted by Crippen LogP contribution is -2.44. The summed E-state index contributed by atoms with van der Waals surface area (Å²) in [5.41, 5.74) is 2.58. The van der Waals surface area contributed by atoms with Crippen LogP contribution in [0.2, 0.25) is 0 Å². The fourth-order valence-corrected chi connectivity index (χ4v) is 4.29. The second-order valence-corrected chi connectivity index (χ2v) is 8.48. The molecule has 1 aliphatic rings. The van der Waals surface area contributed by atoms with Crippen LogP contribution in [0, 0.1) is 0 Å². The molecule has 35 heavy (non-hydrogen) atoms. The molecular formula is C27H32N4O4. The Morgan fingerprint density at radius 2 is 1.66 bits per heavy atom. The Bertz CT molecular complexity index is 1110. The normalized spacial score (nSPS) is 14.3. The van der Waals surface area contributed by atoms with E-state index < -0.39 is 0 Å². The van der Waals surface area contributed by atoms with Gasteiger partial charge in [-0.25, -0.2) is 4.98 Å². The number of methoxy groups -OCH3 is 3. The van der Waals surface area contributed by atoms with Gasteiger partial charge >= 0.3 is 0 Å². The Balaban J connectivity index is 1.35. The van der Waals surface area contributed by atoms with Crippen molar-refractivity contribution < 1.29 is 19.0 Å². The van der Waals surface area contributed by atoms with Gasteiger partial charge in [-0.3, -0.25) is 9.69 Å². The number of amides is 1. The molecule has 8 heteroatoms. The fraction of sp³-hybridized carbons (Fsp3) is 0.333. The standard InChI is InChI=1S/C27H32N4O4/c1-33-23-16-22(17-24(34-2)26(23)35-3)29-25-15-20(9-12-28-25)27(32)30-21-10-13-31(14-11-21)18-19-7-5-4-6-8-19/h4-9,12,15-17,21H,10-11,13-14,18H2,1-3H3,(H,28,29)(H,30,32). The molecule has 2 aromatic carbocycles. The van der Waals surface area contributed by atoms with Crippen LogP contribution in [0.25, 0.3) is 0 Å². The van der Waals surface area contributed by atoms with Gasteiger partial charge < -0.3 is 24.8 Å². The van der Waals surface area contributed by atoms with Crippen molar-refractivity contribution in [2.75, 3.05) is 39.7 Å². The van der Waals surface area contributed by atoms with E-state index in [0.29, 0.717) is 34.3 Å². The third kappa shape index (κ3) is 6.22. The largest absolute Gasteiger partial charge is 0.493 e. The third-order valence-corrected chi connectivity index (χ3v) is 6.13. The van der Waals surface area contributed by atoms with Gasteiger partial charge in [-0.15, -0.1) is 0 Å². The molecule has 0 bridgehead atoms. The highest BCUT2D eigenvalue weighted by molar-refractivity contribution is 5.95. The number of carbonyl (C=O) groups excluding carboxylic acids is 1. The predicted octanol–water partition coefficient (Wildman–Crippen LogP) is 4.25. The highest BCUT2D eigenvalue weighted by atomic mass is 16.5. The maximum atomic E-state index is 12.9. The number of carbonyl (C=O) groups is 1. The molecule has 2 heterocycles. The minimum atomic E-state index is -0.0955. The smallest absolute Gasteiger partial charge is 0.251 e. The number of aromatic nitrogens is 1. The summed E-state index contributed by atoms with van der Waals surface area (Å²) in [7, 11) is 4.69. The summed E-state index contributed by atoms with van der Waals surface area (Å²) in [5.74, 6) is 2.02. The van der Waals surface area contributed by atoms with Gasteiger partial charge in [0.05, 0.1) is 21.3 Å². The van der Waals surface area contributed by atoms with Gasteiger partial charge in [0.2, 0.25) is 5.75 Å². The van der Waals surface area contributed by atoms with Crippen LogP contribution in [0.15, 0.2) is 60.8 Å². The van der Waals surface area contributed by atoms with E-state index in [0.717, 1.165) is 32.5 Å². The number of nitrogens with one attached hydrogen (secondary N) is 2. The number of pyridine rings is 1. The van der Waals surface area contributed by atoms with Crippen molar-refractivity contribution in [2.45, 2.75) is 25.4 Å². The van der Waals surface area contributed by atoms with Crippen molar-refractivity contribution in [2.24, 2.45) is 0 Å². The molecule has 0 radical (unpaired) electrons. The summed E-state index contributed by atoms with van der Waals surface area (Å²) in [6.45, 7) is 2.87. The topological polar surface area (TPSA) is 85.0 Å². The molecule has 3 aromatic rings. The SMILES string of the molecule is COc1cc(Nc2cc(C(=O)NC3CCN(Cc4ccccc4)CC3)ccn2)cc(OC)c1OC. The summed E-state index contributed by atoms with van der Waals surface area (Å²) in [5, 5.41) is 6.40. The molecule has 0 aliphatic carbocycles. The molecule has 1 saturated heterocycles. The molecule has 0 spiro atoms. The fourth-order valence-electron chi connectivity index (χ4n) is 4.29. The first-order valence-electron chi connectivity index (χ1n) is 11.7. The molecule has 4 rings (SSSR count). The van der Waals surface area contributed by atoms with E-state index in [1.54, 1.807) is 51.8 Å². The van der Waals surface area contributed by atoms with Crippen LogP contribution < -0.4 is 24.8 Å². The van der Waals surface area contributed by atoms with Crippen LogP contribution in [-0.2, 0) is 6.54 Å². The Morgan fingerprint density at radius 1 is 0.971 bits per heavy atom. The third-order valence-electron chi connectivity index (χ3n) is 6.13. The second kappa shape index (κ2) is 11.6. The number of hydrogen-bond acceptors (Lipinski definition) is 7. The summed E-state index contributed by atoms with van der Waals surface area (Å²) in [4.78, 5) is 19.7. The summed E-state index contributed by atoms with van der Waals surface area (Å²) in [6, 6.07) is 17.7. The number of likely N-dealkylation sites (tertiary alicyclic amines) is 1. The molecule has 0 unspecified atom stereocenters. The minimum absolute atomic E-state index is 0.0955. The van der Waals surface area contributed by atoms with E-state index >= 15 is 0 Å². The van der Waals surface area contributed by atoms with Crippen LogP contribution in [-0.4, -0.2) is 56.3 Å². The van der Waals surface area contributed by atoms with Crippen LogP contribution in [0.1, 0.15) is 28.8 Å². The van der Waals surface area contributed by atoms with Crippen LogP contribution in [0.3, 0.4) is 0 Å². The van der Waals surface area contributed by atoms with Gasteiger partial charge in [0.25, 0.3) is 5.91 Å². The number of hydrogen-bond donors (Lipinski definition) is 2. The van der Waals surface area contributed by atoms with Crippen molar-refractivity contribution in [1.82, 2.24) is 15.2 Å². The van der Waals surface area contributed by atoms with E-state index in [1.807, 2.05) is 6.07 Å². The lowest BCUT2D eigenvalue weighted by atomic mass is 10.0. The molecule has 0 atom stereocenters. The van der Waals surface area contributed by atoms with Gasteiger partial charge in [-0.1, -0.05) is 30.3 Å². The van der Waals surface area contributed by atoms with Crippen LogP contribution in [0.4, 0.5) is 11.5 Å². The average Bonchev–Trinajstić information content (AvgIpc) is 2.90. The van der Waals surface area contributed by atoms with E-state index in [-0.39, 0.29) is 11.9 Å². The van der Waals surface area contributed by atoms with E-state index in [1.165, 1.54) is 5.56 Å². The number of anilines is 2. The van der Waals surface area contributed by atoms with Crippen molar-refractivity contribution in [3.63, 3.8) is 0 Å². The minimum Gasteiger partial charge on any atom is -0.493 e. The number of rotatable bonds is 9. The molecule has 184 valence electrons. The average molecular weight is 477 g/mol.